The molecule has 17 heavy (non-hydrogen) atoms. The topological polar surface area (TPSA) is 51.0 Å². The van der Waals surface area contributed by atoms with Gasteiger partial charge in [0.2, 0.25) is 5.89 Å². The molecule has 2 rings (SSSR count). The Kier molecular flexibility index (Phi) is 3.68. The molecule has 0 bridgehead atoms. The third-order valence-electron chi connectivity index (χ3n) is 2.16. The van der Waals surface area contributed by atoms with Gasteiger partial charge >= 0.3 is 0 Å². The van der Waals surface area contributed by atoms with Crippen molar-refractivity contribution in [2.45, 2.75) is 24.3 Å². The molecule has 1 aromatic heterocycles. The number of thioether (sulfide) groups is 1. The van der Waals surface area contributed by atoms with Crippen molar-refractivity contribution >= 4 is 17.4 Å². The summed E-state index contributed by atoms with van der Waals surface area (Å²) in [6.07, 6.45) is 0. The van der Waals surface area contributed by atoms with Gasteiger partial charge in [0.25, 0.3) is 5.22 Å². The predicted octanol–water partition coefficient (Wildman–Crippen LogP) is 3.28. The molecule has 1 aromatic carbocycles. The zero-order valence-electron chi connectivity index (χ0n) is 10.1. The smallest absolute Gasteiger partial charge is 0.277 e. The number of anilines is 1. The van der Waals surface area contributed by atoms with Crippen LogP contribution in [-0.4, -0.2) is 22.5 Å². The molecule has 0 atom stereocenters. The van der Waals surface area contributed by atoms with Crippen molar-refractivity contribution in [1.29, 1.82) is 0 Å². The Balaban J connectivity index is 2.18. The highest BCUT2D eigenvalue weighted by Gasteiger charge is 2.10. The van der Waals surface area contributed by atoms with E-state index >= 15 is 0 Å². The number of hydrogen-bond donors (Lipinski definition) is 1. The van der Waals surface area contributed by atoms with E-state index in [0.29, 0.717) is 16.4 Å². The van der Waals surface area contributed by atoms with Gasteiger partial charge in [-0.3, -0.25) is 0 Å². The van der Waals surface area contributed by atoms with Gasteiger partial charge in [0, 0.05) is 23.5 Å². The van der Waals surface area contributed by atoms with Crippen molar-refractivity contribution in [2.75, 3.05) is 12.4 Å². The SMILES string of the molecule is CNc1ccc(-c2nnc(SC(C)C)o2)cc1. The Labute approximate surface area is 105 Å². The van der Waals surface area contributed by atoms with E-state index in [9.17, 15) is 0 Å². The van der Waals surface area contributed by atoms with Gasteiger partial charge < -0.3 is 9.73 Å². The molecule has 5 heteroatoms. The zero-order valence-corrected chi connectivity index (χ0v) is 10.9. The summed E-state index contributed by atoms with van der Waals surface area (Å²) in [4.78, 5) is 0. The Morgan fingerprint density at radius 1 is 1.18 bits per heavy atom. The lowest BCUT2D eigenvalue weighted by atomic mass is 10.2. The van der Waals surface area contributed by atoms with Crippen molar-refractivity contribution in [3.63, 3.8) is 0 Å². The maximum atomic E-state index is 5.57. The maximum Gasteiger partial charge on any atom is 0.277 e. The fourth-order valence-corrected chi connectivity index (χ4v) is 1.97. The monoisotopic (exact) mass is 249 g/mol. The fourth-order valence-electron chi connectivity index (χ4n) is 1.36. The first-order valence-electron chi connectivity index (χ1n) is 5.47. The number of benzene rings is 1. The van der Waals surface area contributed by atoms with E-state index in [-0.39, 0.29) is 0 Å². The predicted molar refractivity (Wildman–Crippen MR) is 70.3 cm³/mol. The molecular weight excluding hydrogens is 234 g/mol. The molecular formula is C12H15N3OS. The second kappa shape index (κ2) is 5.23. The van der Waals surface area contributed by atoms with Crippen LogP contribution in [0.25, 0.3) is 11.5 Å². The first kappa shape index (κ1) is 12.0. The summed E-state index contributed by atoms with van der Waals surface area (Å²) in [5.41, 5.74) is 2.00. The van der Waals surface area contributed by atoms with Crippen molar-refractivity contribution in [3.05, 3.63) is 24.3 Å². The average Bonchev–Trinajstić information content (AvgIpc) is 2.77. The van der Waals surface area contributed by atoms with Crippen LogP contribution in [0, 0.1) is 0 Å². The molecule has 1 heterocycles. The number of nitrogens with zero attached hydrogens (tertiary/aromatic N) is 2. The van der Waals surface area contributed by atoms with Crippen LogP contribution in [-0.2, 0) is 0 Å². The van der Waals surface area contributed by atoms with Gasteiger partial charge in [-0.1, -0.05) is 25.6 Å². The van der Waals surface area contributed by atoms with Gasteiger partial charge in [0.15, 0.2) is 0 Å². The molecule has 4 nitrogen and oxygen atoms in total. The fraction of sp³-hybridized carbons (Fsp3) is 0.333. The minimum Gasteiger partial charge on any atom is -0.411 e. The molecule has 0 unspecified atom stereocenters. The molecule has 1 N–H and O–H groups in total. The van der Waals surface area contributed by atoms with Crippen LogP contribution in [0.1, 0.15) is 13.8 Å². The van der Waals surface area contributed by atoms with Crippen LogP contribution in [0.2, 0.25) is 0 Å². The molecule has 90 valence electrons. The quantitative estimate of drug-likeness (QED) is 0.843. The molecule has 0 aliphatic carbocycles. The molecule has 0 spiro atoms. The van der Waals surface area contributed by atoms with Crippen LogP contribution in [0.15, 0.2) is 33.9 Å². The number of hydrogen-bond acceptors (Lipinski definition) is 5. The molecule has 0 aliphatic rings. The second-order valence-electron chi connectivity index (χ2n) is 3.87. The summed E-state index contributed by atoms with van der Waals surface area (Å²) in [5.74, 6) is 0.566. The lowest BCUT2D eigenvalue weighted by Crippen LogP contribution is -1.86. The molecule has 0 amide bonds. The summed E-state index contributed by atoms with van der Waals surface area (Å²) < 4.78 is 5.57. The van der Waals surface area contributed by atoms with Gasteiger partial charge in [0.1, 0.15) is 0 Å². The number of rotatable bonds is 4. The van der Waals surface area contributed by atoms with Crippen LogP contribution < -0.4 is 5.32 Å². The Bertz CT molecular complexity index is 479. The first-order valence-corrected chi connectivity index (χ1v) is 6.35. The van der Waals surface area contributed by atoms with E-state index in [1.165, 1.54) is 0 Å². The molecule has 0 saturated heterocycles. The van der Waals surface area contributed by atoms with E-state index in [4.69, 9.17) is 4.42 Å². The van der Waals surface area contributed by atoms with Crippen molar-refractivity contribution in [2.24, 2.45) is 0 Å². The lowest BCUT2D eigenvalue weighted by Gasteiger charge is -2.00. The summed E-state index contributed by atoms with van der Waals surface area (Å²) in [7, 11) is 1.89. The minimum absolute atomic E-state index is 0.440. The molecule has 0 saturated carbocycles. The van der Waals surface area contributed by atoms with Gasteiger partial charge in [0.05, 0.1) is 0 Å². The van der Waals surface area contributed by atoms with E-state index < -0.39 is 0 Å². The third-order valence-corrected chi connectivity index (χ3v) is 3.00. The maximum absolute atomic E-state index is 5.57. The number of aromatic nitrogens is 2. The Hall–Kier alpha value is -1.49. The van der Waals surface area contributed by atoms with Crippen LogP contribution in [0.5, 0.6) is 0 Å². The summed E-state index contributed by atoms with van der Waals surface area (Å²) in [6, 6.07) is 7.88. The zero-order chi connectivity index (χ0) is 12.3. The average molecular weight is 249 g/mol. The molecule has 0 radical (unpaired) electrons. The minimum atomic E-state index is 0.440. The van der Waals surface area contributed by atoms with Crippen molar-refractivity contribution in [1.82, 2.24) is 10.2 Å². The van der Waals surface area contributed by atoms with E-state index in [1.807, 2.05) is 31.3 Å². The van der Waals surface area contributed by atoms with Gasteiger partial charge in [-0.2, -0.15) is 0 Å². The normalized spacial score (nSPS) is 10.8. The Morgan fingerprint density at radius 2 is 1.88 bits per heavy atom. The van der Waals surface area contributed by atoms with E-state index in [0.717, 1.165) is 11.3 Å². The molecule has 0 aliphatic heterocycles. The summed E-state index contributed by atoms with van der Waals surface area (Å²) in [6.45, 7) is 4.19. The summed E-state index contributed by atoms with van der Waals surface area (Å²) in [5, 5.41) is 12.2. The number of nitrogens with one attached hydrogen (secondary N) is 1. The van der Waals surface area contributed by atoms with Gasteiger partial charge in [-0.25, -0.2) is 0 Å². The van der Waals surface area contributed by atoms with Crippen LogP contribution in [0.4, 0.5) is 5.69 Å². The van der Waals surface area contributed by atoms with Crippen LogP contribution >= 0.6 is 11.8 Å². The summed E-state index contributed by atoms with van der Waals surface area (Å²) >= 11 is 1.57. The van der Waals surface area contributed by atoms with Gasteiger partial charge in [-0.05, 0) is 24.3 Å². The van der Waals surface area contributed by atoms with E-state index in [2.05, 4.69) is 29.4 Å². The highest BCUT2D eigenvalue weighted by atomic mass is 32.2. The highest BCUT2D eigenvalue weighted by Crippen LogP contribution is 2.26. The second-order valence-corrected chi connectivity index (χ2v) is 5.39. The first-order chi connectivity index (χ1) is 8.19. The third kappa shape index (κ3) is 3.00. The largest absolute Gasteiger partial charge is 0.411 e. The molecule has 0 fully saturated rings. The van der Waals surface area contributed by atoms with Gasteiger partial charge in [-0.15, -0.1) is 10.2 Å². The highest BCUT2D eigenvalue weighted by molar-refractivity contribution is 7.99. The molecule has 2 aromatic rings. The Morgan fingerprint density at radius 3 is 2.47 bits per heavy atom. The lowest BCUT2D eigenvalue weighted by molar-refractivity contribution is 0.465. The van der Waals surface area contributed by atoms with Crippen molar-refractivity contribution < 1.29 is 4.42 Å². The van der Waals surface area contributed by atoms with Crippen LogP contribution in [0.3, 0.4) is 0 Å². The standard InChI is InChI=1S/C12H15N3OS/c1-8(2)17-12-15-14-11(16-12)9-4-6-10(13-3)7-5-9/h4-8,13H,1-3H3. The van der Waals surface area contributed by atoms with Crippen molar-refractivity contribution in [3.8, 4) is 11.5 Å². The van der Waals surface area contributed by atoms with E-state index in [1.54, 1.807) is 11.8 Å².